The zero-order valence-electron chi connectivity index (χ0n) is 12.8. The first kappa shape index (κ1) is 14.3. The number of hydrogen-bond acceptors (Lipinski definition) is 4. The number of ether oxygens (including phenoxy) is 1. The fourth-order valence-corrected chi connectivity index (χ4v) is 2.74. The number of morpholine rings is 1. The average molecular weight is 285 g/mol. The van der Waals surface area contributed by atoms with Gasteiger partial charge in [-0.1, -0.05) is 18.2 Å². The van der Waals surface area contributed by atoms with Crippen LogP contribution in [0, 0.1) is 0 Å². The number of aromatic nitrogens is 1. The molecule has 1 aromatic heterocycles. The lowest BCUT2D eigenvalue weighted by atomic mass is 10.2. The second-order valence-corrected chi connectivity index (χ2v) is 5.89. The summed E-state index contributed by atoms with van der Waals surface area (Å²) in [5.74, 6) is 1.06. The van der Waals surface area contributed by atoms with Gasteiger partial charge < -0.3 is 14.5 Å². The highest BCUT2D eigenvalue weighted by Crippen LogP contribution is 2.20. The van der Waals surface area contributed by atoms with Crippen molar-refractivity contribution in [3.8, 4) is 0 Å². The minimum absolute atomic E-state index is 0.300. The number of pyridine rings is 1. The van der Waals surface area contributed by atoms with Gasteiger partial charge in [-0.3, -0.25) is 0 Å². The van der Waals surface area contributed by atoms with Gasteiger partial charge in [-0.15, -0.1) is 0 Å². The molecule has 0 bridgehead atoms. The van der Waals surface area contributed by atoms with Crippen LogP contribution in [0.1, 0.15) is 6.42 Å². The molecule has 4 heteroatoms. The zero-order chi connectivity index (χ0) is 14.7. The van der Waals surface area contributed by atoms with Crippen LogP contribution in [0.15, 0.2) is 36.4 Å². The largest absolute Gasteiger partial charge is 0.374 e. The molecule has 0 N–H and O–H groups in total. The van der Waals surface area contributed by atoms with Gasteiger partial charge in [-0.25, -0.2) is 4.98 Å². The summed E-state index contributed by atoms with van der Waals surface area (Å²) in [7, 11) is 4.21. The maximum absolute atomic E-state index is 5.87. The first-order chi connectivity index (χ1) is 10.2. The maximum Gasteiger partial charge on any atom is 0.129 e. The molecule has 0 spiro atoms. The molecule has 1 aliphatic rings. The fraction of sp³-hybridized carbons (Fsp3) is 0.471. The van der Waals surface area contributed by atoms with Crippen molar-refractivity contribution in [2.75, 3.05) is 45.2 Å². The third kappa shape index (κ3) is 3.52. The molecule has 1 saturated heterocycles. The Kier molecular flexibility index (Phi) is 4.36. The van der Waals surface area contributed by atoms with E-state index in [4.69, 9.17) is 9.72 Å². The summed E-state index contributed by atoms with van der Waals surface area (Å²) in [6.07, 6.45) is 1.37. The molecular weight excluding hydrogens is 262 g/mol. The van der Waals surface area contributed by atoms with E-state index >= 15 is 0 Å². The van der Waals surface area contributed by atoms with Crippen molar-refractivity contribution >= 4 is 16.7 Å². The van der Waals surface area contributed by atoms with Gasteiger partial charge in [0.2, 0.25) is 0 Å². The van der Waals surface area contributed by atoms with E-state index in [9.17, 15) is 0 Å². The van der Waals surface area contributed by atoms with Crippen LogP contribution in [0.5, 0.6) is 0 Å². The lowest BCUT2D eigenvalue weighted by molar-refractivity contribution is 0.0309. The highest BCUT2D eigenvalue weighted by Gasteiger charge is 2.21. The Morgan fingerprint density at radius 3 is 2.95 bits per heavy atom. The van der Waals surface area contributed by atoms with Crippen molar-refractivity contribution in [1.29, 1.82) is 0 Å². The Hall–Kier alpha value is -1.65. The van der Waals surface area contributed by atoms with Gasteiger partial charge >= 0.3 is 0 Å². The van der Waals surface area contributed by atoms with Crippen LogP contribution in [-0.2, 0) is 4.74 Å². The van der Waals surface area contributed by atoms with E-state index in [2.05, 4.69) is 54.2 Å². The first-order valence-electron chi connectivity index (χ1n) is 7.59. The number of nitrogens with zero attached hydrogens (tertiary/aromatic N) is 3. The molecule has 112 valence electrons. The Morgan fingerprint density at radius 1 is 1.24 bits per heavy atom. The monoisotopic (exact) mass is 285 g/mol. The molecule has 1 aromatic carbocycles. The molecule has 21 heavy (non-hydrogen) atoms. The Bertz CT molecular complexity index is 599. The predicted molar refractivity (Wildman–Crippen MR) is 86.9 cm³/mol. The van der Waals surface area contributed by atoms with E-state index in [1.54, 1.807) is 0 Å². The number of fused-ring (bicyclic) bond motifs is 1. The molecule has 3 rings (SSSR count). The van der Waals surface area contributed by atoms with Gasteiger partial charge in [0.15, 0.2) is 0 Å². The minimum atomic E-state index is 0.300. The van der Waals surface area contributed by atoms with Gasteiger partial charge in [-0.2, -0.15) is 0 Å². The lowest BCUT2D eigenvalue weighted by Crippen LogP contribution is -2.43. The average Bonchev–Trinajstić information content (AvgIpc) is 2.53. The van der Waals surface area contributed by atoms with Crippen LogP contribution < -0.4 is 4.90 Å². The summed E-state index contributed by atoms with van der Waals surface area (Å²) >= 11 is 0. The number of hydrogen-bond donors (Lipinski definition) is 0. The molecule has 1 atom stereocenters. The SMILES string of the molecule is CN(C)CC[C@@H]1CN(c2ccc3ccccc3n2)CCO1. The van der Waals surface area contributed by atoms with Gasteiger partial charge in [0, 0.05) is 25.0 Å². The third-order valence-corrected chi connectivity index (χ3v) is 3.94. The molecule has 0 amide bonds. The molecule has 1 fully saturated rings. The van der Waals surface area contributed by atoms with Gasteiger partial charge in [0.05, 0.1) is 18.2 Å². The molecule has 0 radical (unpaired) electrons. The molecule has 2 heterocycles. The van der Waals surface area contributed by atoms with Crippen molar-refractivity contribution < 1.29 is 4.74 Å². The van der Waals surface area contributed by atoms with E-state index in [-0.39, 0.29) is 0 Å². The summed E-state index contributed by atoms with van der Waals surface area (Å²) in [6.45, 7) is 3.69. The van der Waals surface area contributed by atoms with Crippen LogP contribution in [0.2, 0.25) is 0 Å². The second kappa shape index (κ2) is 6.41. The molecule has 2 aromatic rings. The van der Waals surface area contributed by atoms with Crippen molar-refractivity contribution in [3.63, 3.8) is 0 Å². The predicted octanol–water partition coefficient (Wildman–Crippen LogP) is 2.39. The van der Waals surface area contributed by atoms with Crippen molar-refractivity contribution in [1.82, 2.24) is 9.88 Å². The summed E-state index contributed by atoms with van der Waals surface area (Å²) in [5, 5.41) is 1.19. The summed E-state index contributed by atoms with van der Waals surface area (Å²) < 4.78 is 5.87. The molecule has 0 unspecified atom stereocenters. The van der Waals surface area contributed by atoms with Gasteiger partial charge in [0.1, 0.15) is 5.82 Å². The fourth-order valence-electron chi connectivity index (χ4n) is 2.74. The normalized spacial score (nSPS) is 19.4. The number of benzene rings is 1. The van der Waals surface area contributed by atoms with Crippen molar-refractivity contribution in [3.05, 3.63) is 36.4 Å². The molecule has 0 saturated carbocycles. The van der Waals surface area contributed by atoms with Crippen molar-refractivity contribution in [2.45, 2.75) is 12.5 Å². The van der Waals surface area contributed by atoms with Crippen LogP contribution in [0.25, 0.3) is 10.9 Å². The first-order valence-corrected chi connectivity index (χ1v) is 7.59. The van der Waals surface area contributed by atoms with E-state index in [1.165, 1.54) is 5.39 Å². The minimum Gasteiger partial charge on any atom is -0.374 e. The van der Waals surface area contributed by atoms with Crippen molar-refractivity contribution in [2.24, 2.45) is 0 Å². The van der Waals surface area contributed by atoms with Crippen LogP contribution in [0.3, 0.4) is 0 Å². The zero-order valence-corrected chi connectivity index (χ0v) is 12.8. The van der Waals surface area contributed by atoms with E-state index in [1.807, 2.05) is 6.07 Å². The number of para-hydroxylation sites is 1. The van der Waals surface area contributed by atoms with E-state index < -0.39 is 0 Å². The lowest BCUT2D eigenvalue weighted by Gasteiger charge is -2.34. The van der Waals surface area contributed by atoms with Crippen LogP contribution in [0.4, 0.5) is 5.82 Å². The van der Waals surface area contributed by atoms with Gasteiger partial charge in [-0.05, 0) is 38.7 Å². The Morgan fingerprint density at radius 2 is 2.10 bits per heavy atom. The molecular formula is C17H23N3O. The molecule has 0 aliphatic carbocycles. The van der Waals surface area contributed by atoms with Crippen LogP contribution in [-0.4, -0.2) is 56.3 Å². The second-order valence-electron chi connectivity index (χ2n) is 5.89. The quantitative estimate of drug-likeness (QED) is 0.862. The highest BCUT2D eigenvalue weighted by molar-refractivity contribution is 5.80. The van der Waals surface area contributed by atoms with E-state index in [0.717, 1.165) is 44.0 Å². The summed E-state index contributed by atoms with van der Waals surface area (Å²) in [6, 6.07) is 12.5. The Labute approximate surface area is 126 Å². The summed E-state index contributed by atoms with van der Waals surface area (Å²) in [4.78, 5) is 9.34. The Balaban J connectivity index is 1.72. The number of anilines is 1. The third-order valence-electron chi connectivity index (χ3n) is 3.94. The molecule has 4 nitrogen and oxygen atoms in total. The maximum atomic E-state index is 5.87. The topological polar surface area (TPSA) is 28.6 Å². The summed E-state index contributed by atoms with van der Waals surface area (Å²) in [5.41, 5.74) is 1.06. The smallest absolute Gasteiger partial charge is 0.129 e. The van der Waals surface area contributed by atoms with Gasteiger partial charge in [0.25, 0.3) is 0 Å². The van der Waals surface area contributed by atoms with E-state index in [0.29, 0.717) is 6.10 Å². The molecule has 1 aliphatic heterocycles. The highest BCUT2D eigenvalue weighted by atomic mass is 16.5. The number of rotatable bonds is 4. The van der Waals surface area contributed by atoms with Crippen LogP contribution >= 0.6 is 0 Å². The standard InChI is InChI=1S/C17H23N3O/c1-19(2)10-9-15-13-20(11-12-21-15)17-8-7-14-5-3-4-6-16(14)18-17/h3-8,15H,9-13H2,1-2H3/t15-/m1/s1.